The lowest BCUT2D eigenvalue weighted by atomic mass is 9.74. The largest absolute Gasteiger partial charge is 0.0884 e. The van der Waals surface area contributed by atoms with Crippen LogP contribution in [0.3, 0.4) is 0 Å². The fourth-order valence-electron chi connectivity index (χ4n) is 2.42. The van der Waals surface area contributed by atoms with E-state index in [1.54, 1.807) is 0 Å². The third-order valence-corrected chi connectivity index (χ3v) is 3.13. The molecule has 1 aliphatic carbocycles. The topological polar surface area (TPSA) is 0 Å². The van der Waals surface area contributed by atoms with Gasteiger partial charge in [0.2, 0.25) is 0 Å². The monoisotopic (exact) mass is 150 g/mol. The summed E-state index contributed by atoms with van der Waals surface area (Å²) in [6.45, 7) is 2.32. The first-order valence-electron chi connectivity index (χ1n) is 5.08. The maximum Gasteiger partial charge on any atom is 0.0653 e. The summed E-state index contributed by atoms with van der Waals surface area (Å²) >= 11 is 0. The van der Waals surface area contributed by atoms with Crippen molar-refractivity contribution in [2.75, 3.05) is 0 Å². The zero-order valence-corrected chi connectivity index (χ0v) is 7.68. The normalized spacial score (nSPS) is 32.1. The molecule has 1 saturated carbocycles. The molecule has 0 saturated heterocycles. The molecular formula is C10H19B. The van der Waals surface area contributed by atoms with Crippen LogP contribution in [-0.4, -0.2) is 7.85 Å². The van der Waals surface area contributed by atoms with E-state index in [4.69, 9.17) is 7.85 Å². The highest BCUT2D eigenvalue weighted by molar-refractivity contribution is 6.08. The molecule has 0 aliphatic heterocycles. The Bertz CT molecular complexity index is 99.0. The minimum absolute atomic E-state index is 0.890. The van der Waals surface area contributed by atoms with Crippen molar-refractivity contribution in [3.63, 3.8) is 0 Å². The molecule has 0 heterocycles. The molecule has 62 valence electrons. The Morgan fingerprint density at radius 2 is 1.82 bits per heavy atom. The first-order chi connectivity index (χ1) is 5.38. The van der Waals surface area contributed by atoms with Gasteiger partial charge in [0.05, 0.1) is 7.85 Å². The standard InChI is InChI=1S/C10H19B/c1-2-9-5-3-4-6-10(9)7-8-11/h9-10H,2-8H2,1H3. The lowest BCUT2D eigenvalue weighted by molar-refractivity contribution is 0.224. The minimum Gasteiger partial charge on any atom is -0.0884 e. The number of hydrogen-bond donors (Lipinski definition) is 0. The minimum atomic E-state index is 0.890. The van der Waals surface area contributed by atoms with E-state index >= 15 is 0 Å². The van der Waals surface area contributed by atoms with Crippen LogP contribution < -0.4 is 0 Å². The summed E-state index contributed by atoms with van der Waals surface area (Å²) < 4.78 is 0. The second-order valence-corrected chi connectivity index (χ2v) is 3.79. The SMILES string of the molecule is [B]CCC1CCCCC1CC. The molecule has 2 unspecified atom stereocenters. The molecule has 2 radical (unpaired) electrons. The average molecular weight is 150 g/mol. The molecule has 0 spiro atoms. The highest BCUT2D eigenvalue weighted by atomic mass is 14.3. The molecule has 1 rings (SSSR count). The third kappa shape index (κ3) is 2.54. The van der Waals surface area contributed by atoms with Crippen LogP contribution in [0.2, 0.25) is 6.32 Å². The summed E-state index contributed by atoms with van der Waals surface area (Å²) in [5.74, 6) is 1.95. The van der Waals surface area contributed by atoms with Gasteiger partial charge in [0.25, 0.3) is 0 Å². The smallest absolute Gasteiger partial charge is 0.0653 e. The van der Waals surface area contributed by atoms with Crippen LogP contribution in [0.1, 0.15) is 45.4 Å². The number of rotatable bonds is 3. The van der Waals surface area contributed by atoms with Crippen LogP contribution in [0.5, 0.6) is 0 Å². The van der Waals surface area contributed by atoms with Gasteiger partial charge in [0.15, 0.2) is 0 Å². The summed E-state index contributed by atoms with van der Waals surface area (Å²) in [5, 5.41) is 0. The van der Waals surface area contributed by atoms with Crippen LogP contribution in [0.15, 0.2) is 0 Å². The molecule has 2 atom stereocenters. The lowest BCUT2D eigenvalue weighted by Gasteiger charge is -2.30. The summed E-state index contributed by atoms with van der Waals surface area (Å²) in [6, 6.07) is 0. The molecular weight excluding hydrogens is 131 g/mol. The van der Waals surface area contributed by atoms with E-state index < -0.39 is 0 Å². The van der Waals surface area contributed by atoms with Crippen molar-refractivity contribution >= 4 is 7.85 Å². The Morgan fingerprint density at radius 1 is 1.18 bits per heavy atom. The third-order valence-electron chi connectivity index (χ3n) is 3.13. The summed E-state index contributed by atoms with van der Waals surface area (Å²) in [5.41, 5.74) is 0. The zero-order chi connectivity index (χ0) is 8.10. The van der Waals surface area contributed by atoms with Crippen LogP contribution in [0.4, 0.5) is 0 Å². The van der Waals surface area contributed by atoms with Crippen LogP contribution in [0.25, 0.3) is 0 Å². The molecule has 0 N–H and O–H groups in total. The average Bonchev–Trinajstić information content (AvgIpc) is 2.06. The zero-order valence-electron chi connectivity index (χ0n) is 7.68. The maximum atomic E-state index is 5.58. The molecule has 0 aromatic rings. The van der Waals surface area contributed by atoms with Gasteiger partial charge in [-0.2, -0.15) is 0 Å². The fraction of sp³-hybridized carbons (Fsp3) is 1.00. The molecule has 0 aromatic carbocycles. The van der Waals surface area contributed by atoms with Crippen molar-refractivity contribution < 1.29 is 0 Å². The quantitative estimate of drug-likeness (QED) is 0.542. The van der Waals surface area contributed by atoms with E-state index in [1.807, 2.05) is 0 Å². The van der Waals surface area contributed by atoms with Gasteiger partial charge in [0, 0.05) is 0 Å². The van der Waals surface area contributed by atoms with Gasteiger partial charge in [-0.15, -0.1) is 0 Å². The molecule has 11 heavy (non-hydrogen) atoms. The Labute approximate surface area is 72.2 Å². The van der Waals surface area contributed by atoms with E-state index in [2.05, 4.69) is 6.92 Å². The van der Waals surface area contributed by atoms with Gasteiger partial charge in [-0.1, -0.05) is 51.8 Å². The fourth-order valence-corrected chi connectivity index (χ4v) is 2.42. The van der Waals surface area contributed by atoms with E-state index in [9.17, 15) is 0 Å². The van der Waals surface area contributed by atoms with Crippen molar-refractivity contribution in [2.24, 2.45) is 11.8 Å². The predicted octanol–water partition coefficient (Wildman–Crippen LogP) is 3.18. The van der Waals surface area contributed by atoms with Crippen molar-refractivity contribution in [3.05, 3.63) is 0 Å². The second kappa shape index (κ2) is 4.85. The molecule has 0 amide bonds. The van der Waals surface area contributed by atoms with Gasteiger partial charge in [0.1, 0.15) is 0 Å². The highest BCUT2D eigenvalue weighted by Crippen LogP contribution is 2.34. The second-order valence-electron chi connectivity index (χ2n) is 3.79. The summed E-state index contributed by atoms with van der Waals surface area (Å²) in [7, 11) is 5.58. The summed E-state index contributed by atoms with van der Waals surface area (Å²) in [6.07, 6.45) is 9.32. The van der Waals surface area contributed by atoms with Crippen molar-refractivity contribution in [3.8, 4) is 0 Å². The molecule has 1 heteroatoms. The Hall–Kier alpha value is 0.0649. The van der Waals surface area contributed by atoms with Crippen molar-refractivity contribution in [1.82, 2.24) is 0 Å². The van der Waals surface area contributed by atoms with Gasteiger partial charge in [-0.25, -0.2) is 0 Å². The maximum absolute atomic E-state index is 5.58. The number of hydrogen-bond acceptors (Lipinski definition) is 0. The Kier molecular flexibility index (Phi) is 4.03. The molecule has 1 aliphatic rings. The van der Waals surface area contributed by atoms with E-state index in [0.717, 1.165) is 18.2 Å². The van der Waals surface area contributed by atoms with E-state index in [1.165, 1.54) is 38.5 Å². The van der Waals surface area contributed by atoms with Crippen molar-refractivity contribution in [1.29, 1.82) is 0 Å². The van der Waals surface area contributed by atoms with Crippen molar-refractivity contribution in [2.45, 2.75) is 51.8 Å². The highest BCUT2D eigenvalue weighted by Gasteiger charge is 2.21. The Morgan fingerprint density at radius 3 is 2.36 bits per heavy atom. The van der Waals surface area contributed by atoms with Gasteiger partial charge in [-0.3, -0.25) is 0 Å². The molecule has 0 aromatic heterocycles. The summed E-state index contributed by atoms with van der Waals surface area (Å²) in [4.78, 5) is 0. The van der Waals surface area contributed by atoms with Crippen LogP contribution in [-0.2, 0) is 0 Å². The van der Waals surface area contributed by atoms with Gasteiger partial charge >= 0.3 is 0 Å². The van der Waals surface area contributed by atoms with Crippen LogP contribution >= 0.6 is 0 Å². The molecule has 0 bridgehead atoms. The van der Waals surface area contributed by atoms with Crippen LogP contribution in [0, 0.1) is 11.8 Å². The van der Waals surface area contributed by atoms with E-state index in [-0.39, 0.29) is 0 Å². The lowest BCUT2D eigenvalue weighted by Crippen LogP contribution is -2.18. The van der Waals surface area contributed by atoms with Gasteiger partial charge < -0.3 is 0 Å². The predicted molar refractivity (Wildman–Crippen MR) is 50.9 cm³/mol. The Balaban J connectivity index is 2.31. The first-order valence-corrected chi connectivity index (χ1v) is 5.08. The first kappa shape index (κ1) is 9.16. The molecule has 1 fully saturated rings. The molecule has 0 nitrogen and oxygen atoms in total. The van der Waals surface area contributed by atoms with Gasteiger partial charge in [-0.05, 0) is 11.8 Å². The van der Waals surface area contributed by atoms with E-state index in [0.29, 0.717) is 0 Å².